The van der Waals surface area contributed by atoms with E-state index in [4.69, 9.17) is 4.74 Å². The molecule has 0 unspecified atom stereocenters. The summed E-state index contributed by atoms with van der Waals surface area (Å²) in [7, 11) is 0. The van der Waals surface area contributed by atoms with Gasteiger partial charge in [0.25, 0.3) is 0 Å². The Morgan fingerprint density at radius 2 is 2.04 bits per heavy atom. The minimum absolute atomic E-state index is 0.286. The SMILES string of the molecule is Cc1ccc(-n2cc3c(n2)CCN(C(=O)OC(C)(C)C)C3)nn1. The fraction of sp³-hybridized carbons (Fsp3) is 0.500. The van der Waals surface area contributed by atoms with Crippen molar-refractivity contribution in [3.63, 3.8) is 0 Å². The van der Waals surface area contributed by atoms with Crippen molar-refractivity contribution in [3.8, 4) is 5.82 Å². The normalized spacial score (nSPS) is 14.5. The van der Waals surface area contributed by atoms with Crippen molar-refractivity contribution in [2.45, 2.75) is 46.3 Å². The summed E-state index contributed by atoms with van der Waals surface area (Å²) in [5.41, 5.74) is 2.39. The molecule has 2 aromatic rings. The number of aryl methyl sites for hydroxylation is 1. The predicted molar refractivity (Wildman–Crippen MR) is 84.2 cm³/mol. The molecule has 3 rings (SSSR count). The van der Waals surface area contributed by atoms with Crippen molar-refractivity contribution in [1.29, 1.82) is 0 Å². The van der Waals surface area contributed by atoms with Gasteiger partial charge in [0.05, 0.1) is 17.9 Å². The molecule has 0 aliphatic carbocycles. The van der Waals surface area contributed by atoms with E-state index in [0.717, 1.165) is 17.0 Å². The summed E-state index contributed by atoms with van der Waals surface area (Å²) in [4.78, 5) is 13.9. The summed E-state index contributed by atoms with van der Waals surface area (Å²) in [6.07, 6.45) is 2.33. The first kappa shape index (κ1) is 15.5. The minimum atomic E-state index is -0.487. The molecule has 0 aromatic carbocycles. The highest BCUT2D eigenvalue weighted by Gasteiger charge is 2.27. The molecule has 0 N–H and O–H groups in total. The Morgan fingerprint density at radius 1 is 1.26 bits per heavy atom. The van der Waals surface area contributed by atoms with E-state index >= 15 is 0 Å². The van der Waals surface area contributed by atoms with Crippen molar-refractivity contribution in [2.75, 3.05) is 6.54 Å². The first-order valence-electron chi connectivity index (χ1n) is 7.68. The Hall–Kier alpha value is -2.44. The van der Waals surface area contributed by atoms with Crippen LogP contribution in [0.2, 0.25) is 0 Å². The van der Waals surface area contributed by atoms with E-state index in [1.807, 2.05) is 46.0 Å². The van der Waals surface area contributed by atoms with Gasteiger partial charge >= 0.3 is 6.09 Å². The third-order valence-corrected chi connectivity index (χ3v) is 3.53. The number of fused-ring (bicyclic) bond motifs is 1. The number of nitrogens with zero attached hydrogens (tertiary/aromatic N) is 5. The maximum Gasteiger partial charge on any atom is 0.410 e. The van der Waals surface area contributed by atoms with E-state index in [2.05, 4.69) is 15.3 Å². The summed E-state index contributed by atoms with van der Waals surface area (Å²) in [6, 6.07) is 3.78. The zero-order valence-electron chi connectivity index (χ0n) is 13.9. The molecule has 1 amide bonds. The Balaban J connectivity index is 1.77. The molecule has 3 heterocycles. The quantitative estimate of drug-likeness (QED) is 0.807. The van der Waals surface area contributed by atoms with Crippen LogP contribution in [-0.2, 0) is 17.7 Å². The molecule has 0 saturated heterocycles. The number of amides is 1. The average Bonchev–Trinajstić information content (AvgIpc) is 2.89. The summed E-state index contributed by atoms with van der Waals surface area (Å²) in [5, 5.41) is 12.7. The molecule has 0 fully saturated rings. The lowest BCUT2D eigenvalue weighted by Gasteiger charge is -2.29. The van der Waals surface area contributed by atoms with Crippen LogP contribution in [0.4, 0.5) is 4.79 Å². The molecule has 122 valence electrons. The zero-order chi connectivity index (χ0) is 16.6. The third kappa shape index (κ3) is 3.49. The van der Waals surface area contributed by atoms with E-state index in [0.29, 0.717) is 25.3 Å². The van der Waals surface area contributed by atoms with Crippen LogP contribution in [0.25, 0.3) is 5.82 Å². The van der Waals surface area contributed by atoms with Gasteiger partial charge in [-0.2, -0.15) is 10.2 Å². The summed E-state index contributed by atoms with van der Waals surface area (Å²) < 4.78 is 7.15. The standard InChI is InChI=1S/C16H21N5O2/c1-11-5-6-14(18-17-11)21-10-12-9-20(8-7-13(12)19-21)15(22)23-16(2,3)4/h5-6,10H,7-9H2,1-4H3. The van der Waals surface area contributed by atoms with Crippen LogP contribution in [0.15, 0.2) is 18.3 Å². The van der Waals surface area contributed by atoms with Gasteiger partial charge in [-0.15, -0.1) is 5.10 Å². The highest BCUT2D eigenvalue weighted by molar-refractivity contribution is 5.68. The van der Waals surface area contributed by atoms with Gasteiger partial charge in [0.15, 0.2) is 5.82 Å². The smallest absolute Gasteiger partial charge is 0.410 e. The van der Waals surface area contributed by atoms with Crippen LogP contribution in [0.1, 0.15) is 37.7 Å². The number of ether oxygens (including phenoxy) is 1. The minimum Gasteiger partial charge on any atom is -0.444 e. The van der Waals surface area contributed by atoms with E-state index < -0.39 is 5.60 Å². The maximum atomic E-state index is 12.2. The van der Waals surface area contributed by atoms with Crippen molar-refractivity contribution < 1.29 is 9.53 Å². The molecular formula is C16H21N5O2. The lowest BCUT2D eigenvalue weighted by atomic mass is 10.1. The van der Waals surface area contributed by atoms with Gasteiger partial charge in [-0.3, -0.25) is 0 Å². The zero-order valence-corrected chi connectivity index (χ0v) is 13.9. The lowest BCUT2D eigenvalue weighted by Crippen LogP contribution is -2.39. The van der Waals surface area contributed by atoms with Gasteiger partial charge in [0.2, 0.25) is 0 Å². The van der Waals surface area contributed by atoms with Gasteiger partial charge in [-0.1, -0.05) is 0 Å². The number of hydrogen-bond donors (Lipinski definition) is 0. The molecule has 1 aliphatic heterocycles. The molecule has 1 aliphatic rings. The lowest BCUT2D eigenvalue weighted by molar-refractivity contribution is 0.0223. The molecule has 23 heavy (non-hydrogen) atoms. The number of aromatic nitrogens is 4. The molecule has 0 saturated carbocycles. The number of carbonyl (C=O) groups is 1. The van der Waals surface area contributed by atoms with Crippen molar-refractivity contribution >= 4 is 6.09 Å². The van der Waals surface area contributed by atoms with Crippen LogP contribution in [0, 0.1) is 6.92 Å². The number of rotatable bonds is 1. The maximum absolute atomic E-state index is 12.2. The van der Waals surface area contributed by atoms with E-state index in [1.165, 1.54) is 0 Å². The fourth-order valence-electron chi connectivity index (χ4n) is 2.43. The number of hydrogen-bond acceptors (Lipinski definition) is 5. The molecule has 0 spiro atoms. The second-order valence-electron chi connectivity index (χ2n) is 6.73. The van der Waals surface area contributed by atoms with E-state index in [9.17, 15) is 4.79 Å². The van der Waals surface area contributed by atoms with E-state index in [1.54, 1.807) is 9.58 Å². The Morgan fingerprint density at radius 3 is 2.70 bits per heavy atom. The van der Waals surface area contributed by atoms with Gasteiger partial charge in [0.1, 0.15) is 5.60 Å². The summed E-state index contributed by atoms with van der Waals surface area (Å²) in [5.74, 6) is 0.675. The van der Waals surface area contributed by atoms with Crippen LogP contribution < -0.4 is 0 Å². The second-order valence-corrected chi connectivity index (χ2v) is 6.73. The van der Waals surface area contributed by atoms with Crippen molar-refractivity contribution in [3.05, 3.63) is 35.3 Å². The van der Waals surface area contributed by atoms with Crippen LogP contribution in [0.5, 0.6) is 0 Å². The van der Waals surface area contributed by atoms with Crippen molar-refractivity contribution in [1.82, 2.24) is 24.9 Å². The Kier molecular flexibility index (Phi) is 3.79. The highest BCUT2D eigenvalue weighted by atomic mass is 16.6. The number of carbonyl (C=O) groups excluding carboxylic acids is 1. The molecule has 0 radical (unpaired) electrons. The third-order valence-electron chi connectivity index (χ3n) is 3.53. The average molecular weight is 315 g/mol. The molecular weight excluding hydrogens is 294 g/mol. The highest BCUT2D eigenvalue weighted by Crippen LogP contribution is 2.21. The largest absolute Gasteiger partial charge is 0.444 e. The fourth-order valence-corrected chi connectivity index (χ4v) is 2.43. The Labute approximate surface area is 135 Å². The predicted octanol–water partition coefficient (Wildman–Crippen LogP) is 2.26. The summed E-state index contributed by atoms with van der Waals surface area (Å²) >= 11 is 0. The topological polar surface area (TPSA) is 73.1 Å². The van der Waals surface area contributed by atoms with Crippen molar-refractivity contribution in [2.24, 2.45) is 0 Å². The molecule has 7 nitrogen and oxygen atoms in total. The first-order valence-corrected chi connectivity index (χ1v) is 7.68. The molecule has 2 aromatic heterocycles. The second kappa shape index (κ2) is 5.64. The van der Waals surface area contributed by atoms with Gasteiger partial charge in [0, 0.05) is 24.7 Å². The van der Waals surface area contributed by atoms with Gasteiger partial charge in [-0.25, -0.2) is 9.48 Å². The van der Waals surface area contributed by atoms with E-state index in [-0.39, 0.29) is 6.09 Å². The monoisotopic (exact) mass is 315 g/mol. The van der Waals surface area contributed by atoms with Crippen LogP contribution >= 0.6 is 0 Å². The molecule has 7 heteroatoms. The molecule has 0 atom stereocenters. The van der Waals surface area contributed by atoms with Crippen LogP contribution in [-0.4, -0.2) is 43.1 Å². The summed E-state index contributed by atoms with van der Waals surface area (Å²) in [6.45, 7) is 8.61. The van der Waals surface area contributed by atoms with Gasteiger partial charge in [-0.05, 0) is 39.8 Å². The first-order chi connectivity index (χ1) is 10.8. The van der Waals surface area contributed by atoms with Gasteiger partial charge < -0.3 is 9.64 Å². The van der Waals surface area contributed by atoms with Crippen LogP contribution in [0.3, 0.4) is 0 Å². The Bertz CT molecular complexity index is 715. The molecule has 0 bridgehead atoms.